The van der Waals surface area contributed by atoms with Crippen LogP contribution >= 0.6 is 11.6 Å². The zero-order valence-electron chi connectivity index (χ0n) is 19.2. The summed E-state index contributed by atoms with van der Waals surface area (Å²) in [5.74, 6) is -2.06. The van der Waals surface area contributed by atoms with E-state index in [0.29, 0.717) is 17.7 Å². The minimum atomic E-state index is -4.68. The summed E-state index contributed by atoms with van der Waals surface area (Å²) in [5.41, 5.74) is 1.67. The molecule has 1 aliphatic heterocycles. The number of carbonyl (C=O) groups excluding carboxylic acids is 2. The summed E-state index contributed by atoms with van der Waals surface area (Å²) in [6.07, 6.45) is -4.82. The van der Waals surface area contributed by atoms with Gasteiger partial charge < -0.3 is 15.0 Å². The van der Waals surface area contributed by atoms with Crippen LogP contribution in [0.25, 0.3) is 5.69 Å². The van der Waals surface area contributed by atoms with Crippen molar-refractivity contribution in [3.63, 3.8) is 0 Å². The van der Waals surface area contributed by atoms with Crippen molar-refractivity contribution in [2.75, 3.05) is 13.6 Å². The summed E-state index contributed by atoms with van der Waals surface area (Å²) in [5, 5.41) is 6.57. The van der Waals surface area contributed by atoms with E-state index in [2.05, 4.69) is 10.4 Å². The van der Waals surface area contributed by atoms with Gasteiger partial charge in [0.05, 0.1) is 22.0 Å². The van der Waals surface area contributed by atoms with Crippen LogP contribution < -0.4 is 10.1 Å². The molecule has 0 aliphatic carbocycles. The van der Waals surface area contributed by atoms with Crippen molar-refractivity contribution in [3.8, 4) is 11.4 Å². The summed E-state index contributed by atoms with van der Waals surface area (Å²) in [7, 11) is 1.36. The van der Waals surface area contributed by atoms with Crippen molar-refractivity contribution >= 4 is 23.4 Å². The van der Waals surface area contributed by atoms with Crippen molar-refractivity contribution < 1.29 is 31.9 Å². The number of hydrogen-bond acceptors (Lipinski definition) is 4. The third-order valence-electron chi connectivity index (χ3n) is 5.79. The lowest BCUT2D eigenvalue weighted by molar-refractivity contribution is -0.189. The zero-order valence-corrected chi connectivity index (χ0v) is 20.0. The quantitative estimate of drug-likeness (QED) is 0.497. The number of carbonyl (C=O) groups is 2. The number of fused-ring (bicyclic) bond motifs is 1. The molecular weight excluding hydrogens is 504 g/mol. The molecule has 0 saturated heterocycles. The van der Waals surface area contributed by atoms with Gasteiger partial charge in [-0.25, -0.2) is 9.07 Å². The normalized spacial score (nSPS) is 14.2. The highest BCUT2D eigenvalue weighted by Gasteiger charge is 2.39. The Bertz CT molecular complexity index is 1310. The first-order valence-electron chi connectivity index (χ1n) is 10.9. The average Bonchev–Trinajstić information content (AvgIpc) is 3.26. The summed E-state index contributed by atoms with van der Waals surface area (Å²) >= 11 is 6.38. The number of hydrogen-bond donors (Lipinski definition) is 1. The van der Waals surface area contributed by atoms with Crippen LogP contribution in [0.2, 0.25) is 5.02 Å². The molecule has 36 heavy (non-hydrogen) atoms. The zero-order chi connectivity index (χ0) is 26.2. The topological polar surface area (TPSA) is 76.5 Å². The van der Waals surface area contributed by atoms with Crippen molar-refractivity contribution in [2.45, 2.75) is 32.2 Å². The number of benzene rings is 2. The molecule has 0 saturated carbocycles. The smallest absolute Gasteiger partial charge is 0.425 e. The van der Waals surface area contributed by atoms with Gasteiger partial charge in [0.2, 0.25) is 0 Å². The lowest BCUT2D eigenvalue weighted by Gasteiger charge is -2.28. The molecule has 1 aliphatic rings. The van der Waals surface area contributed by atoms with Gasteiger partial charge in [-0.15, -0.1) is 0 Å². The molecule has 3 aromatic rings. The van der Waals surface area contributed by atoms with Gasteiger partial charge in [-0.1, -0.05) is 11.6 Å². The molecular formula is C24H21ClF4N4O3. The molecule has 0 radical (unpaired) electrons. The summed E-state index contributed by atoms with van der Waals surface area (Å²) in [6, 6.07) is 8.07. The fourth-order valence-corrected chi connectivity index (χ4v) is 4.12. The van der Waals surface area contributed by atoms with E-state index in [4.69, 9.17) is 16.3 Å². The molecule has 1 N–H and O–H groups in total. The molecule has 0 bridgehead atoms. The Hall–Kier alpha value is -3.60. The van der Waals surface area contributed by atoms with E-state index in [1.165, 1.54) is 30.1 Å². The van der Waals surface area contributed by atoms with Crippen LogP contribution in [-0.4, -0.2) is 52.4 Å². The van der Waals surface area contributed by atoms with Crippen LogP contribution in [-0.2, 0) is 13.0 Å². The maximum absolute atomic E-state index is 13.5. The second-order valence-corrected chi connectivity index (χ2v) is 8.56. The highest BCUT2D eigenvalue weighted by Crippen LogP contribution is 2.35. The molecule has 2 amide bonds. The van der Waals surface area contributed by atoms with Gasteiger partial charge >= 0.3 is 6.18 Å². The Morgan fingerprint density at radius 2 is 1.86 bits per heavy atom. The third kappa shape index (κ3) is 5.01. The van der Waals surface area contributed by atoms with Gasteiger partial charge in [-0.3, -0.25) is 9.59 Å². The molecule has 2 aromatic carbocycles. The maximum atomic E-state index is 13.5. The van der Waals surface area contributed by atoms with Crippen LogP contribution in [0.4, 0.5) is 17.6 Å². The minimum absolute atomic E-state index is 0.0728. The fourth-order valence-electron chi connectivity index (χ4n) is 3.79. The number of nitrogens with one attached hydrogen (secondary N) is 1. The van der Waals surface area contributed by atoms with E-state index in [1.54, 1.807) is 23.0 Å². The molecule has 2 heterocycles. The van der Waals surface area contributed by atoms with Crippen LogP contribution in [0, 0.1) is 5.82 Å². The molecule has 7 nitrogen and oxygen atoms in total. The monoisotopic (exact) mass is 524 g/mol. The Morgan fingerprint density at radius 1 is 1.17 bits per heavy atom. The predicted octanol–water partition coefficient (Wildman–Crippen LogP) is 4.55. The number of rotatable bonds is 5. The van der Waals surface area contributed by atoms with Crippen molar-refractivity contribution in [2.24, 2.45) is 0 Å². The molecule has 190 valence electrons. The number of ether oxygens (including phenoxy) is 1. The number of halogens is 5. The SMILES string of the molecule is CNC(=O)c1ccc(OC(C)C(F)(F)F)c(C(=O)N2CCc3nn(-c4ccc(F)cc4)cc3C2)c1Cl. The lowest BCUT2D eigenvalue weighted by Crippen LogP contribution is -2.37. The molecule has 1 atom stereocenters. The molecule has 0 fully saturated rings. The van der Waals surface area contributed by atoms with Crippen LogP contribution in [0.15, 0.2) is 42.6 Å². The van der Waals surface area contributed by atoms with Gasteiger partial charge in [0.15, 0.2) is 6.10 Å². The minimum Gasteiger partial charge on any atom is -0.480 e. The fraction of sp³-hybridized carbons (Fsp3) is 0.292. The van der Waals surface area contributed by atoms with Crippen LogP contribution in [0.5, 0.6) is 5.75 Å². The third-order valence-corrected chi connectivity index (χ3v) is 6.18. The Morgan fingerprint density at radius 3 is 2.50 bits per heavy atom. The van der Waals surface area contributed by atoms with Gasteiger partial charge in [-0.2, -0.15) is 18.3 Å². The lowest BCUT2D eigenvalue weighted by atomic mass is 10.0. The molecule has 1 aromatic heterocycles. The van der Waals surface area contributed by atoms with Gasteiger partial charge in [0.1, 0.15) is 17.1 Å². The van der Waals surface area contributed by atoms with Crippen LogP contribution in [0.1, 0.15) is 38.9 Å². The summed E-state index contributed by atoms with van der Waals surface area (Å²) in [4.78, 5) is 27.2. The average molecular weight is 525 g/mol. The second-order valence-electron chi connectivity index (χ2n) is 8.18. The van der Waals surface area contributed by atoms with Crippen molar-refractivity contribution in [3.05, 3.63) is 75.8 Å². The number of amides is 2. The first-order chi connectivity index (χ1) is 17.0. The molecule has 4 rings (SSSR count). The standard InChI is InChI=1S/C24H21ClF4N4O3/c1-13(24(27,28)29)36-19-8-7-17(22(34)30-2)21(25)20(19)23(35)32-10-9-18-14(11-32)12-33(31-18)16-5-3-15(26)4-6-16/h3-8,12-13H,9-11H2,1-2H3,(H,30,34). The van der Waals surface area contributed by atoms with Gasteiger partial charge in [0, 0.05) is 38.3 Å². The van der Waals surface area contributed by atoms with E-state index < -0.39 is 24.1 Å². The first-order valence-corrected chi connectivity index (χ1v) is 11.3. The van der Waals surface area contributed by atoms with E-state index >= 15 is 0 Å². The Balaban J connectivity index is 1.67. The number of nitrogens with zero attached hydrogens (tertiary/aromatic N) is 3. The highest BCUT2D eigenvalue weighted by molar-refractivity contribution is 6.37. The maximum Gasteiger partial charge on any atom is 0.425 e. The predicted molar refractivity (Wildman–Crippen MR) is 123 cm³/mol. The van der Waals surface area contributed by atoms with Crippen molar-refractivity contribution in [1.29, 1.82) is 0 Å². The largest absolute Gasteiger partial charge is 0.480 e. The van der Waals surface area contributed by atoms with Gasteiger partial charge in [-0.05, 0) is 43.3 Å². The number of alkyl halides is 3. The number of aromatic nitrogens is 2. The van der Waals surface area contributed by atoms with E-state index in [1.807, 2.05) is 0 Å². The van der Waals surface area contributed by atoms with Crippen molar-refractivity contribution in [1.82, 2.24) is 20.0 Å². The second kappa shape index (κ2) is 9.81. The Kier molecular flexibility index (Phi) is 6.94. The Labute approximate surface area is 208 Å². The molecule has 0 spiro atoms. The van der Waals surface area contributed by atoms with E-state index in [9.17, 15) is 27.2 Å². The summed E-state index contributed by atoms with van der Waals surface area (Å²) < 4.78 is 59.4. The molecule has 12 heteroatoms. The van der Waals surface area contributed by atoms with Gasteiger partial charge in [0.25, 0.3) is 11.8 Å². The summed E-state index contributed by atoms with van der Waals surface area (Å²) in [6.45, 7) is 1.12. The first kappa shape index (κ1) is 25.5. The van der Waals surface area contributed by atoms with E-state index in [0.717, 1.165) is 18.7 Å². The van der Waals surface area contributed by atoms with E-state index in [-0.39, 0.29) is 40.8 Å². The molecule has 1 unspecified atom stereocenters. The highest BCUT2D eigenvalue weighted by atomic mass is 35.5. The van der Waals surface area contributed by atoms with Crippen LogP contribution in [0.3, 0.4) is 0 Å².